The van der Waals surface area contributed by atoms with Gasteiger partial charge in [-0.05, 0) is 44.0 Å². The molecule has 2 N–H and O–H groups in total. The van der Waals surface area contributed by atoms with Crippen molar-refractivity contribution in [1.82, 2.24) is 0 Å². The van der Waals surface area contributed by atoms with Gasteiger partial charge in [-0.25, -0.2) is 0 Å². The highest BCUT2D eigenvalue weighted by molar-refractivity contribution is 5.94. The molecule has 1 fully saturated rings. The number of carbonyl (C=O) groups is 2. The summed E-state index contributed by atoms with van der Waals surface area (Å²) in [4.78, 5) is 21.7. The maximum Gasteiger partial charge on any atom is 0.306 e. The van der Waals surface area contributed by atoms with E-state index in [9.17, 15) is 9.59 Å². The van der Waals surface area contributed by atoms with Crippen molar-refractivity contribution in [3.63, 3.8) is 0 Å². The molecule has 0 saturated heterocycles. The number of carbonyl (C=O) groups excluding carboxylic acids is 1. The predicted molar refractivity (Wildman–Crippen MR) is 64.2 cm³/mol. The minimum absolute atomic E-state index is 0.0473. The van der Waals surface area contributed by atoms with E-state index < -0.39 is 5.97 Å². The second kappa shape index (κ2) is 4.57. The summed E-state index contributed by atoms with van der Waals surface area (Å²) >= 11 is 0. The van der Waals surface area contributed by atoms with Gasteiger partial charge in [0.05, 0.1) is 5.92 Å². The first kappa shape index (κ1) is 11.6. The van der Waals surface area contributed by atoms with E-state index in [1.54, 1.807) is 12.1 Å². The van der Waals surface area contributed by atoms with Crippen LogP contribution < -0.4 is 5.32 Å². The zero-order valence-electron chi connectivity index (χ0n) is 9.64. The summed E-state index contributed by atoms with van der Waals surface area (Å²) in [5.41, 5.74) is 1.62. The Hall–Kier alpha value is -1.84. The van der Waals surface area contributed by atoms with Gasteiger partial charge in [0.25, 0.3) is 0 Å². The second-order valence-electron chi connectivity index (χ2n) is 4.48. The fourth-order valence-corrected chi connectivity index (χ4v) is 1.97. The van der Waals surface area contributed by atoms with Gasteiger partial charge in [0.2, 0.25) is 0 Å². The predicted octanol–water partition coefficient (Wildman–Crippen LogP) is 2.16. The minimum atomic E-state index is -0.713. The number of hydrogen-bond donors (Lipinski definition) is 2. The van der Waals surface area contributed by atoms with Gasteiger partial charge in [0.1, 0.15) is 0 Å². The third-order valence-electron chi connectivity index (χ3n) is 3.15. The molecule has 4 nitrogen and oxygen atoms in total. The molecule has 0 aliphatic heterocycles. The Bertz CT molecular complexity index is 432. The smallest absolute Gasteiger partial charge is 0.306 e. The number of hydrogen-bond acceptors (Lipinski definition) is 3. The molecule has 1 aliphatic rings. The van der Waals surface area contributed by atoms with E-state index >= 15 is 0 Å². The van der Waals surface area contributed by atoms with Crippen LogP contribution in [0, 0.1) is 5.92 Å². The van der Waals surface area contributed by atoms with Gasteiger partial charge in [0, 0.05) is 17.3 Å². The Morgan fingerprint density at radius 2 is 1.82 bits per heavy atom. The lowest BCUT2D eigenvalue weighted by Gasteiger charge is -2.33. The quantitative estimate of drug-likeness (QED) is 0.782. The van der Waals surface area contributed by atoms with Gasteiger partial charge in [-0.3, -0.25) is 9.59 Å². The molecule has 0 atom stereocenters. The molecular weight excluding hydrogens is 218 g/mol. The van der Waals surface area contributed by atoms with E-state index in [2.05, 4.69) is 5.32 Å². The SMILES string of the molecule is CC(=O)c1ccc(NC2CC(C(=O)O)C2)cc1. The molecule has 90 valence electrons. The van der Waals surface area contributed by atoms with Crippen molar-refractivity contribution < 1.29 is 14.7 Å². The van der Waals surface area contributed by atoms with Crippen molar-refractivity contribution in [1.29, 1.82) is 0 Å². The first-order valence-corrected chi connectivity index (χ1v) is 5.66. The largest absolute Gasteiger partial charge is 0.481 e. The van der Waals surface area contributed by atoms with Crippen molar-refractivity contribution in [2.75, 3.05) is 5.32 Å². The van der Waals surface area contributed by atoms with Gasteiger partial charge in [-0.1, -0.05) is 0 Å². The lowest BCUT2D eigenvalue weighted by molar-refractivity contribution is -0.144. The molecule has 2 rings (SSSR count). The zero-order chi connectivity index (χ0) is 12.4. The van der Waals surface area contributed by atoms with Gasteiger partial charge < -0.3 is 10.4 Å². The number of aliphatic carboxylic acids is 1. The van der Waals surface area contributed by atoms with Crippen LogP contribution in [0.3, 0.4) is 0 Å². The molecule has 1 aromatic carbocycles. The average Bonchev–Trinajstić information content (AvgIpc) is 2.23. The highest BCUT2D eigenvalue weighted by Gasteiger charge is 2.34. The Labute approximate surface area is 99.6 Å². The Balaban J connectivity index is 1.88. The fourth-order valence-electron chi connectivity index (χ4n) is 1.97. The molecule has 0 unspecified atom stereocenters. The number of benzene rings is 1. The summed E-state index contributed by atoms with van der Waals surface area (Å²) in [7, 11) is 0. The summed E-state index contributed by atoms with van der Waals surface area (Å²) in [6, 6.07) is 7.49. The Morgan fingerprint density at radius 3 is 2.29 bits per heavy atom. The third-order valence-corrected chi connectivity index (χ3v) is 3.15. The van der Waals surface area contributed by atoms with Crippen LogP contribution in [0.5, 0.6) is 0 Å². The van der Waals surface area contributed by atoms with Crippen LogP contribution in [0.4, 0.5) is 5.69 Å². The molecule has 0 spiro atoms. The van der Waals surface area contributed by atoms with Gasteiger partial charge >= 0.3 is 5.97 Å². The number of carboxylic acid groups (broad SMARTS) is 1. The topological polar surface area (TPSA) is 66.4 Å². The Morgan fingerprint density at radius 1 is 1.24 bits per heavy atom. The number of ketones is 1. The standard InChI is InChI=1S/C13H15NO3/c1-8(15)9-2-4-11(5-3-9)14-12-6-10(7-12)13(16)17/h2-5,10,12,14H,6-7H2,1H3,(H,16,17). The first-order valence-electron chi connectivity index (χ1n) is 5.66. The van der Waals surface area contributed by atoms with Crippen LogP contribution in [0.2, 0.25) is 0 Å². The lowest BCUT2D eigenvalue weighted by Crippen LogP contribution is -2.39. The maximum atomic E-state index is 11.1. The number of Topliss-reactive ketones (excluding diaryl/α,β-unsaturated/α-hetero) is 1. The third kappa shape index (κ3) is 2.64. The summed E-state index contributed by atoms with van der Waals surface area (Å²) in [5.74, 6) is -0.870. The highest BCUT2D eigenvalue weighted by Crippen LogP contribution is 2.30. The van der Waals surface area contributed by atoms with Crippen molar-refractivity contribution >= 4 is 17.4 Å². The Kier molecular flexibility index (Phi) is 3.13. The molecule has 1 aliphatic carbocycles. The molecule has 1 aromatic rings. The van der Waals surface area contributed by atoms with Crippen molar-refractivity contribution in [2.45, 2.75) is 25.8 Å². The van der Waals surface area contributed by atoms with E-state index in [1.807, 2.05) is 12.1 Å². The van der Waals surface area contributed by atoms with Crippen molar-refractivity contribution in [3.8, 4) is 0 Å². The molecule has 0 amide bonds. The van der Waals surface area contributed by atoms with E-state index in [0.717, 1.165) is 5.69 Å². The van der Waals surface area contributed by atoms with Crippen LogP contribution in [0.1, 0.15) is 30.1 Å². The van der Waals surface area contributed by atoms with Crippen LogP contribution in [0.15, 0.2) is 24.3 Å². The first-order chi connectivity index (χ1) is 8.06. The maximum absolute atomic E-state index is 11.1. The van der Waals surface area contributed by atoms with Gasteiger partial charge in [0.15, 0.2) is 5.78 Å². The van der Waals surface area contributed by atoms with Crippen LogP contribution in [-0.2, 0) is 4.79 Å². The normalized spacial score (nSPS) is 22.6. The van der Waals surface area contributed by atoms with E-state index in [4.69, 9.17) is 5.11 Å². The van der Waals surface area contributed by atoms with Gasteiger partial charge in [-0.2, -0.15) is 0 Å². The monoisotopic (exact) mass is 233 g/mol. The number of rotatable bonds is 4. The zero-order valence-corrected chi connectivity index (χ0v) is 9.64. The molecule has 0 heterocycles. The number of carboxylic acids is 1. The van der Waals surface area contributed by atoms with Crippen molar-refractivity contribution in [3.05, 3.63) is 29.8 Å². The molecule has 0 radical (unpaired) electrons. The summed E-state index contributed by atoms with van der Waals surface area (Å²) in [6.07, 6.45) is 1.34. The van der Waals surface area contributed by atoms with Crippen LogP contribution in [-0.4, -0.2) is 22.9 Å². The molecule has 0 aromatic heterocycles. The summed E-state index contributed by atoms with van der Waals surface area (Å²) in [5, 5.41) is 12.0. The molecule has 0 bridgehead atoms. The lowest BCUT2D eigenvalue weighted by atomic mass is 9.80. The van der Waals surface area contributed by atoms with E-state index in [1.165, 1.54) is 6.92 Å². The molecule has 1 saturated carbocycles. The van der Waals surface area contributed by atoms with Crippen LogP contribution in [0.25, 0.3) is 0 Å². The number of anilines is 1. The summed E-state index contributed by atoms with van der Waals surface area (Å²) in [6.45, 7) is 1.53. The molecule has 4 heteroatoms. The van der Waals surface area contributed by atoms with Crippen molar-refractivity contribution in [2.24, 2.45) is 5.92 Å². The second-order valence-corrected chi connectivity index (χ2v) is 4.48. The summed E-state index contributed by atoms with van der Waals surface area (Å²) < 4.78 is 0. The van der Waals surface area contributed by atoms with Gasteiger partial charge in [-0.15, -0.1) is 0 Å². The van der Waals surface area contributed by atoms with Crippen LogP contribution >= 0.6 is 0 Å². The average molecular weight is 233 g/mol. The number of nitrogens with one attached hydrogen (secondary N) is 1. The van der Waals surface area contributed by atoms with E-state index in [-0.39, 0.29) is 17.7 Å². The minimum Gasteiger partial charge on any atom is -0.481 e. The molecule has 17 heavy (non-hydrogen) atoms. The molecular formula is C13H15NO3. The fraction of sp³-hybridized carbons (Fsp3) is 0.385. The van der Waals surface area contributed by atoms with E-state index in [0.29, 0.717) is 18.4 Å². The highest BCUT2D eigenvalue weighted by atomic mass is 16.4.